The fourth-order valence-electron chi connectivity index (χ4n) is 1.60. The van der Waals surface area contributed by atoms with Crippen LogP contribution in [0.1, 0.15) is 10.4 Å². The molecular formula is C13H11BrO2. The van der Waals surface area contributed by atoms with E-state index < -0.39 is 4.83 Å². The Hall–Kier alpha value is -1.35. The third-order valence-electron chi connectivity index (χ3n) is 2.47. The maximum Gasteiger partial charge on any atom is 0.323 e. The predicted octanol–water partition coefficient (Wildman–Crippen LogP) is 3.45. The van der Waals surface area contributed by atoms with Gasteiger partial charge in [0.15, 0.2) is 0 Å². The van der Waals surface area contributed by atoms with Crippen LogP contribution in [-0.2, 0) is 9.53 Å². The van der Waals surface area contributed by atoms with Crippen molar-refractivity contribution in [2.45, 2.75) is 4.83 Å². The van der Waals surface area contributed by atoms with Gasteiger partial charge in [-0.2, -0.15) is 0 Å². The van der Waals surface area contributed by atoms with Crippen molar-refractivity contribution in [3.05, 3.63) is 48.0 Å². The Kier molecular flexibility index (Phi) is 3.25. The zero-order chi connectivity index (χ0) is 11.5. The molecule has 0 N–H and O–H groups in total. The van der Waals surface area contributed by atoms with Gasteiger partial charge in [0, 0.05) is 0 Å². The van der Waals surface area contributed by atoms with Gasteiger partial charge >= 0.3 is 5.97 Å². The molecule has 2 aromatic carbocycles. The van der Waals surface area contributed by atoms with Gasteiger partial charge in [-0.25, -0.2) is 0 Å². The summed E-state index contributed by atoms with van der Waals surface area (Å²) in [7, 11) is 1.39. The van der Waals surface area contributed by atoms with E-state index in [1.54, 1.807) is 0 Å². The first kappa shape index (κ1) is 11.1. The molecule has 0 bridgehead atoms. The number of fused-ring (bicyclic) bond motifs is 1. The number of carbonyl (C=O) groups is 1. The summed E-state index contributed by atoms with van der Waals surface area (Å²) in [5.41, 5.74) is 0.908. The Labute approximate surface area is 102 Å². The average Bonchev–Trinajstić information content (AvgIpc) is 2.36. The standard InChI is InChI=1S/C13H11BrO2/c1-16-13(15)12(14)11-7-6-9-4-2-3-5-10(9)8-11/h2-8,12H,1H3. The van der Waals surface area contributed by atoms with Crippen LogP contribution in [0.4, 0.5) is 0 Å². The predicted molar refractivity (Wildman–Crippen MR) is 67.6 cm³/mol. The minimum absolute atomic E-state index is 0.282. The second-order valence-corrected chi connectivity index (χ2v) is 4.41. The van der Waals surface area contributed by atoms with E-state index in [0.717, 1.165) is 16.3 Å². The van der Waals surface area contributed by atoms with E-state index in [4.69, 9.17) is 4.74 Å². The summed E-state index contributed by atoms with van der Waals surface area (Å²) >= 11 is 3.32. The van der Waals surface area contributed by atoms with Crippen LogP contribution >= 0.6 is 15.9 Å². The van der Waals surface area contributed by atoms with Crippen molar-refractivity contribution in [1.82, 2.24) is 0 Å². The molecule has 0 fully saturated rings. The highest BCUT2D eigenvalue weighted by Crippen LogP contribution is 2.27. The van der Waals surface area contributed by atoms with Crippen molar-refractivity contribution in [3.63, 3.8) is 0 Å². The van der Waals surface area contributed by atoms with Gasteiger partial charge in [0.2, 0.25) is 0 Å². The number of hydrogen-bond acceptors (Lipinski definition) is 2. The summed E-state index contributed by atoms with van der Waals surface area (Å²) in [6, 6.07) is 14.0. The number of alkyl halides is 1. The van der Waals surface area contributed by atoms with Crippen LogP contribution in [-0.4, -0.2) is 13.1 Å². The summed E-state index contributed by atoms with van der Waals surface area (Å²) in [6.07, 6.45) is 0. The second-order valence-electron chi connectivity index (χ2n) is 3.49. The summed E-state index contributed by atoms with van der Waals surface area (Å²) in [6.45, 7) is 0. The number of ether oxygens (including phenoxy) is 1. The lowest BCUT2D eigenvalue weighted by Crippen LogP contribution is -2.07. The lowest BCUT2D eigenvalue weighted by molar-refractivity contribution is -0.139. The molecule has 0 aliphatic carbocycles. The summed E-state index contributed by atoms with van der Waals surface area (Å²) in [5, 5.41) is 2.28. The number of methoxy groups -OCH3 is 1. The first-order valence-electron chi connectivity index (χ1n) is 4.93. The van der Waals surface area contributed by atoms with E-state index in [2.05, 4.69) is 15.9 Å². The van der Waals surface area contributed by atoms with Gasteiger partial charge in [0.05, 0.1) is 7.11 Å². The van der Waals surface area contributed by atoms with Crippen LogP contribution in [0.15, 0.2) is 42.5 Å². The van der Waals surface area contributed by atoms with Crippen molar-refractivity contribution in [3.8, 4) is 0 Å². The molecule has 0 aliphatic heterocycles. The van der Waals surface area contributed by atoms with Gasteiger partial charge < -0.3 is 4.74 Å². The third-order valence-corrected chi connectivity index (χ3v) is 3.38. The fourth-order valence-corrected chi connectivity index (χ4v) is 2.08. The molecule has 0 spiro atoms. The lowest BCUT2D eigenvalue weighted by atomic mass is 10.1. The molecule has 2 nitrogen and oxygen atoms in total. The highest BCUT2D eigenvalue weighted by atomic mass is 79.9. The number of esters is 1. The summed E-state index contributed by atoms with van der Waals surface area (Å²) in [5.74, 6) is -0.282. The quantitative estimate of drug-likeness (QED) is 0.621. The zero-order valence-electron chi connectivity index (χ0n) is 8.81. The van der Waals surface area contributed by atoms with Crippen LogP contribution in [0.5, 0.6) is 0 Å². The molecule has 0 aliphatic rings. The Balaban J connectivity index is 2.43. The van der Waals surface area contributed by atoms with Crippen molar-refractivity contribution < 1.29 is 9.53 Å². The molecule has 3 heteroatoms. The number of halogens is 1. The smallest absolute Gasteiger partial charge is 0.323 e. The molecule has 1 unspecified atom stereocenters. The molecule has 0 radical (unpaired) electrons. The first-order valence-corrected chi connectivity index (χ1v) is 5.84. The normalized spacial score (nSPS) is 12.4. The topological polar surface area (TPSA) is 26.3 Å². The average molecular weight is 279 g/mol. The lowest BCUT2D eigenvalue weighted by Gasteiger charge is -2.08. The molecule has 2 rings (SSSR count). The van der Waals surface area contributed by atoms with E-state index >= 15 is 0 Å². The Bertz CT molecular complexity index is 522. The number of carbonyl (C=O) groups excluding carboxylic acids is 1. The molecule has 82 valence electrons. The molecular weight excluding hydrogens is 268 g/mol. The molecule has 16 heavy (non-hydrogen) atoms. The largest absolute Gasteiger partial charge is 0.468 e. The summed E-state index contributed by atoms with van der Waals surface area (Å²) in [4.78, 5) is 11.0. The van der Waals surface area contributed by atoms with Gasteiger partial charge in [-0.1, -0.05) is 52.3 Å². The number of hydrogen-bond donors (Lipinski definition) is 0. The molecule has 0 amide bonds. The third kappa shape index (κ3) is 2.09. The van der Waals surface area contributed by atoms with Crippen LogP contribution in [0.25, 0.3) is 10.8 Å². The van der Waals surface area contributed by atoms with E-state index in [-0.39, 0.29) is 5.97 Å². The van der Waals surface area contributed by atoms with E-state index in [9.17, 15) is 4.79 Å². The number of benzene rings is 2. The Morgan fingerprint density at radius 3 is 2.56 bits per heavy atom. The van der Waals surface area contributed by atoms with Gasteiger partial charge in [0.25, 0.3) is 0 Å². The highest BCUT2D eigenvalue weighted by Gasteiger charge is 2.17. The monoisotopic (exact) mass is 278 g/mol. The maximum atomic E-state index is 11.4. The van der Waals surface area contributed by atoms with Gasteiger partial charge in [-0.3, -0.25) is 4.79 Å². The zero-order valence-corrected chi connectivity index (χ0v) is 10.4. The van der Waals surface area contributed by atoms with E-state index in [0.29, 0.717) is 0 Å². The highest BCUT2D eigenvalue weighted by molar-refractivity contribution is 9.09. The maximum absolute atomic E-state index is 11.4. The van der Waals surface area contributed by atoms with Gasteiger partial charge in [0.1, 0.15) is 4.83 Å². The fraction of sp³-hybridized carbons (Fsp3) is 0.154. The van der Waals surface area contributed by atoms with Crippen LogP contribution < -0.4 is 0 Å². The van der Waals surface area contributed by atoms with Crippen molar-refractivity contribution in [1.29, 1.82) is 0 Å². The Morgan fingerprint density at radius 1 is 1.19 bits per heavy atom. The van der Waals surface area contributed by atoms with Gasteiger partial charge in [-0.15, -0.1) is 0 Å². The van der Waals surface area contributed by atoms with Crippen molar-refractivity contribution in [2.75, 3.05) is 7.11 Å². The van der Waals surface area contributed by atoms with E-state index in [1.807, 2.05) is 42.5 Å². The van der Waals surface area contributed by atoms with Crippen LogP contribution in [0, 0.1) is 0 Å². The van der Waals surface area contributed by atoms with Crippen LogP contribution in [0.2, 0.25) is 0 Å². The minimum atomic E-state index is -0.401. The summed E-state index contributed by atoms with van der Waals surface area (Å²) < 4.78 is 4.69. The second kappa shape index (κ2) is 4.66. The molecule has 0 saturated heterocycles. The van der Waals surface area contributed by atoms with Crippen LogP contribution in [0.3, 0.4) is 0 Å². The minimum Gasteiger partial charge on any atom is -0.468 e. The van der Waals surface area contributed by atoms with Gasteiger partial charge in [-0.05, 0) is 22.4 Å². The molecule has 0 saturated carbocycles. The Morgan fingerprint density at radius 2 is 1.88 bits per heavy atom. The molecule has 0 heterocycles. The molecule has 1 atom stereocenters. The SMILES string of the molecule is COC(=O)C(Br)c1ccc2ccccc2c1. The number of rotatable bonds is 2. The van der Waals surface area contributed by atoms with E-state index in [1.165, 1.54) is 7.11 Å². The van der Waals surface area contributed by atoms with Crippen molar-refractivity contribution in [2.24, 2.45) is 0 Å². The molecule has 0 aromatic heterocycles. The van der Waals surface area contributed by atoms with Crippen molar-refractivity contribution >= 4 is 32.7 Å². The molecule has 2 aromatic rings. The first-order chi connectivity index (χ1) is 7.72.